The van der Waals surface area contributed by atoms with Gasteiger partial charge in [0.05, 0.1) is 22.3 Å². The molecule has 1 atom stereocenters. The molecule has 4 aliphatic rings. The molecule has 6 aromatic rings. The van der Waals surface area contributed by atoms with Gasteiger partial charge in [-0.15, -0.1) is 0 Å². The number of amides is 3. The number of fused-ring (bicyclic) bond motifs is 2. The summed E-state index contributed by atoms with van der Waals surface area (Å²) in [5, 5.41) is 5.33. The SMILES string of the molecule is Cn1c(=O)n(C2CCC(=O)NC2=O)c2ccc(N3CCC(CN4CCN(c5cc(-c6ccccc6)cc(-c6cc(-c7cc8c([nH]7)CCNC8=O)ccn6)c5)CC4)CC3)cc21. The number of imidazole rings is 1. The molecule has 3 fully saturated rings. The molecule has 3 N–H and O–H groups in total. The Bertz CT molecular complexity index is 2680. The Labute approximate surface area is 348 Å². The van der Waals surface area contributed by atoms with Crippen LogP contribution in [0.5, 0.6) is 0 Å². The fourth-order valence-electron chi connectivity index (χ4n) is 9.65. The molecule has 3 aromatic heterocycles. The van der Waals surface area contributed by atoms with Crippen LogP contribution in [0.1, 0.15) is 47.8 Å². The number of rotatable bonds is 8. The highest BCUT2D eigenvalue weighted by atomic mass is 16.2. The van der Waals surface area contributed by atoms with Crippen molar-refractivity contribution in [2.24, 2.45) is 13.0 Å². The first-order valence-corrected chi connectivity index (χ1v) is 21.2. The number of hydrogen-bond donors (Lipinski definition) is 3. The van der Waals surface area contributed by atoms with Gasteiger partial charge in [0.15, 0.2) is 0 Å². The quantitative estimate of drug-likeness (QED) is 0.175. The molecule has 0 radical (unpaired) electrons. The summed E-state index contributed by atoms with van der Waals surface area (Å²) in [6.45, 7) is 7.51. The van der Waals surface area contributed by atoms with Crippen molar-refractivity contribution in [3.63, 3.8) is 0 Å². The molecule has 4 aliphatic heterocycles. The number of benzene rings is 3. The zero-order chi connectivity index (χ0) is 40.9. The van der Waals surface area contributed by atoms with Crippen molar-refractivity contribution in [2.45, 2.75) is 38.1 Å². The maximum Gasteiger partial charge on any atom is 0.329 e. The molecule has 0 bridgehead atoms. The van der Waals surface area contributed by atoms with Crippen molar-refractivity contribution in [3.05, 3.63) is 113 Å². The van der Waals surface area contributed by atoms with E-state index in [1.807, 2.05) is 30.5 Å². The van der Waals surface area contributed by atoms with Crippen LogP contribution in [-0.4, -0.2) is 94.1 Å². The lowest BCUT2D eigenvalue weighted by molar-refractivity contribution is -0.135. The third-order valence-electron chi connectivity index (χ3n) is 13.0. The standard InChI is InChI=1S/C47H49N9O4/c1-52-43-27-35(7-8-41(43)56(47(52)60)42-9-10-44(57)51-46(42)59)54-17-13-30(14-18-54)29-53-19-21-55(22-20-53)36-24-33(31-5-3-2-4-6-31)23-34(25-36)39-26-32(11-15-48-39)40-28-37-38(50-40)12-16-49-45(37)58/h2-8,11,15,23-28,30,42,50H,9-10,12-14,16-22,29H2,1H3,(H,49,58)(H,51,57,59). The van der Waals surface area contributed by atoms with Crippen LogP contribution < -0.4 is 26.1 Å². The van der Waals surface area contributed by atoms with E-state index in [-0.39, 0.29) is 23.9 Å². The van der Waals surface area contributed by atoms with Gasteiger partial charge < -0.3 is 20.1 Å². The minimum atomic E-state index is -0.686. The number of piperazine rings is 1. The van der Waals surface area contributed by atoms with Crippen molar-refractivity contribution < 1.29 is 14.4 Å². The Morgan fingerprint density at radius 2 is 1.48 bits per heavy atom. The minimum absolute atomic E-state index is 0.0258. The van der Waals surface area contributed by atoms with Crippen LogP contribution in [0.15, 0.2) is 95.9 Å². The van der Waals surface area contributed by atoms with Crippen LogP contribution in [0, 0.1) is 5.92 Å². The van der Waals surface area contributed by atoms with Gasteiger partial charge in [-0.25, -0.2) is 4.79 Å². The molecular formula is C47H49N9O4. The molecule has 3 saturated heterocycles. The average molecular weight is 804 g/mol. The number of anilines is 2. The van der Waals surface area contributed by atoms with Crippen LogP contribution in [0.4, 0.5) is 11.4 Å². The highest BCUT2D eigenvalue weighted by Gasteiger charge is 2.32. The Balaban J connectivity index is 0.801. The second kappa shape index (κ2) is 15.6. The van der Waals surface area contributed by atoms with Gasteiger partial charge in [-0.1, -0.05) is 30.3 Å². The van der Waals surface area contributed by atoms with E-state index in [9.17, 15) is 19.2 Å². The van der Waals surface area contributed by atoms with Crippen molar-refractivity contribution in [3.8, 4) is 33.6 Å². The number of aryl methyl sites for hydroxylation is 1. The summed E-state index contributed by atoms with van der Waals surface area (Å²) in [4.78, 5) is 66.1. The fraction of sp³-hybridized carbons (Fsp3) is 0.340. The van der Waals surface area contributed by atoms with E-state index in [1.54, 1.807) is 16.2 Å². The molecule has 0 aliphatic carbocycles. The van der Waals surface area contributed by atoms with Crippen molar-refractivity contribution in [1.82, 2.24) is 34.6 Å². The van der Waals surface area contributed by atoms with Crippen LogP contribution >= 0.6 is 0 Å². The van der Waals surface area contributed by atoms with E-state index in [0.717, 1.165) is 116 Å². The van der Waals surface area contributed by atoms with Crippen LogP contribution in [0.25, 0.3) is 44.7 Å². The van der Waals surface area contributed by atoms with Gasteiger partial charge in [0.2, 0.25) is 11.8 Å². The molecule has 60 heavy (non-hydrogen) atoms. The first-order chi connectivity index (χ1) is 29.3. The second-order valence-electron chi connectivity index (χ2n) is 16.7. The Morgan fingerprint density at radius 1 is 0.700 bits per heavy atom. The number of carbonyl (C=O) groups is 3. The Hall–Kier alpha value is -6.47. The smallest absolute Gasteiger partial charge is 0.329 e. The summed E-state index contributed by atoms with van der Waals surface area (Å²) >= 11 is 0. The number of nitrogens with zero attached hydrogens (tertiary/aromatic N) is 6. The molecule has 1 unspecified atom stereocenters. The van der Waals surface area contributed by atoms with E-state index < -0.39 is 11.9 Å². The largest absolute Gasteiger partial charge is 0.371 e. The average Bonchev–Trinajstić information content (AvgIpc) is 3.83. The number of nitrogens with one attached hydrogen (secondary N) is 3. The fourth-order valence-corrected chi connectivity index (χ4v) is 9.65. The number of carbonyl (C=O) groups excluding carboxylic acids is 3. The molecule has 3 amide bonds. The number of piperidine rings is 2. The molecule has 13 heteroatoms. The molecule has 0 spiro atoms. The van der Waals surface area contributed by atoms with Gasteiger partial charge in [-0.2, -0.15) is 0 Å². The molecule has 13 nitrogen and oxygen atoms in total. The number of aromatic nitrogens is 4. The summed E-state index contributed by atoms with van der Waals surface area (Å²) in [5.41, 5.74) is 11.4. The topological polar surface area (TPSA) is 141 Å². The first kappa shape index (κ1) is 37.8. The van der Waals surface area contributed by atoms with E-state index in [2.05, 4.69) is 91.0 Å². The summed E-state index contributed by atoms with van der Waals surface area (Å²) < 4.78 is 3.16. The van der Waals surface area contributed by atoms with Crippen molar-refractivity contribution in [2.75, 3.05) is 62.2 Å². The highest BCUT2D eigenvalue weighted by Crippen LogP contribution is 2.35. The van der Waals surface area contributed by atoms with Crippen LogP contribution in [0.2, 0.25) is 0 Å². The number of hydrogen-bond acceptors (Lipinski definition) is 8. The van der Waals surface area contributed by atoms with Gasteiger partial charge in [0.1, 0.15) is 6.04 Å². The van der Waals surface area contributed by atoms with Crippen LogP contribution in [0.3, 0.4) is 0 Å². The molecule has 3 aromatic carbocycles. The van der Waals surface area contributed by atoms with E-state index in [0.29, 0.717) is 24.4 Å². The minimum Gasteiger partial charge on any atom is -0.371 e. The molecule has 10 rings (SSSR count). The Kier molecular flexibility index (Phi) is 9.83. The van der Waals surface area contributed by atoms with Gasteiger partial charge in [0.25, 0.3) is 5.91 Å². The Morgan fingerprint density at radius 3 is 2.27 bits per heavy atom. The summed E-state index contributed by atoms with van der Waals surface area (Å²) in [6.07, 6.45) is 5.39. The number of aromatic amines is 1. The van der Waals surface area contributed by atoms with E-state index in [4.69, 9.17) is 4.98 Å². The zero-order valence-corrected chi connectivity index (χ0v) is 33.8. The van der Waals surface area contributed by atoms with Gasteiger partial charge in [-0.05, 0) is 90.9 Å². The monoisotopic (exact) mass is 803 g/mol. The second-order valence-corrected chi connectivity index (χ2v) is 16.7. The third kappa shape index (κ3) is 7.16. The molecule has 7 heterocycles. The maximum absolute atomic E-state index is 13.3. The van der Waals surface area contributed by atoms with Crippen LogP contribution in [-0.2, 0) is 23.1 Å². The van der Waals surface area contributed by atoms with Crippen molar-refractivity contribution >= 4 is 40.1 Å². The van der Waals surface area contributed by atoms with E-state index in [1.165, 1.54) is 11.3 Å². The predicted octanol–water partition coefficient (Wildman–Crippen LogP) is 5.37. The first-order valence-electron chi connectivity index (χ1n) is 21.2. The van der Waals surface area contributed by atoms with E-state index >= 15 is 0 Å². The number of pyridine rings is 1. The van der Waals surface area contributed by atoms with Gasteiger partial charge >= 0.3 is 5.69 Å². The maximum atomic E-state index is 13.3. The lowest BCUT2D eigenvalue weighted by Gasteiger charge is -2.40. The molecule has 306 valence electrons. The highest BCUT2D eigenvalue weighted by molar-refractivity contribution is 6.00. The number of imide groups is 1. The van der Waals surface area contributed by atoms with Gasteiger partial charge in [-0.3, -0.25) is 38.7 Å². The lowest BCUT2D eigenvalue weighted by atomic mass is 9.95. The number of H-pyrrole nitrogens is 1. The summed E-state index contributed by atoms with van der Waals surface area (Å²) in [5.74, 6) is -0.123. The van der Waals surface area contributed by atoms with Crippen molar-refractivity contribution in [1.29, 1.82) is 0 Å². The third-order valence-corrected chi connectivity index (χ3v) is 13.0. The lowest BCUT2D eigenvalue weighted by Crippen LogP contribution is -2.49. The predicted molar refractivity (Wildman–Crippen MR) is 233 cm³/mol. The summed E-state index contributed by atoms with van der Waals surface area (Å²) in [6, 6.07) is 28.8. The zero-order valence-electron chi connectivity index (χ0n) is 33.8. The van der Waals surface area contributed by atoms with Gasteiger partial charge in [0, 0.05) is 112 Å². The normalized spacial score (nSPS) is 19.1. The summed E-state index contributed by atoms with van der Waals surface area (Å²) in [7, 11) is 1.75. The molecular weight excluding hydrogens is 755 g/mol. The molecule has 0 saturated carbocycles.